The predicted molar refractivity (Wildman–Crippen MR) is 65.2 cm³/mol. The van der Waals surface area contributed by atoms with Gasteiger partial charge in [0.2, 0.25) is 5.91 Å². The standard InChI is InChI=1S/C11H14BNO5/c1-7(14)13-10(11(15)16)6-8-4-2-3-5-9(8)12(17)18/h2-5,10,17-18H,6H2,1H3,(H,13,14)(H,15,16). The third-order valence-corrected chi connectivity index (χ3v) is 2.43. The highest BCUT2D eigenvalue weighted by Crippen LogP contribution is 2.02. The second-order valence-corrected chi connectivity index (χ2v) is 3.87. The number of carboxylic acids is 1. The molecule has 1 aromatic rings. The Hall–Kier alpha value is -1.86. The van der Waals surface area contributed by atoms with Crippen LogP contribution in [0.5, 0.6) is 0 Å². The van der Waals surface area contributed by atoms with Crippen LogP contribution in [0.2, 0.25) is 0 Å². The zero-order valence-corrected chi connectivity index (χ0v) is 9.83. The average molecular weight is 251 g/mol. The van der Waals surface area contributed by atoms with Crippen molar-refractivity contribution < 1.29 is 24.7 Å². The van der Waals surface area contributed by atoms with Crippen LogP contribution in [0.15, 0.2) is 24.3 Å². The van der Waals surface area contributed by atoms with Gasteiger partial charge in [-0.2, -0.15) is 0 Å². The highest BCUT2D eigenvalue weighted by Gasteiger charge is 2.22. The molecule has 1 aromatic carbocycles. The van der Waals surface area contributed by atoms with Crippen molar-refractivity contribution in [1.29, 1.82) is 0 Å². The van der Waals surface area contributed by atoms with E-state index in [2.05, 4.69) is 5.32 Å². The van der Waals surface area contributed by atoms with Crippen molar-refractivity contribution in [3.63, 3.8) is 0 Å². The maximum Gasteiger partial charge on any atom is 0.488 e. The maximum atomic E-state index is 11.0. The number of carboxylic acid groups (broad SMARTS) is 1. The SMILES string of the molecule is CC(=O)NC(Cc1ccccc1B(O)O)C(=O)O. The molecule has 0 radical (unpaired) electrons. The van der Waals surface area contributed by atoms with Gasteiger partial charge >= 0.3 is 13.1 Å². The lowest BCUT2D eigenvalue weighted by molar-refractivity contribution is -0.141. The van der Waals surface area contributed by atoms with Crippen LogP contribution in [0.3, 0.4) is 0 Å². The van der Waals surface area contributed by atoms with E-state index in [1.165, 1.54) is 13.0 Å². The number of hydrogen-bond donors (Lipinski definition) is 4. The van der Waals surface area contributed by atoms with Gasteiger partial charge in [0.15, 0.2) is 0 Å². The zero-order chi connectivity index (χ0) is 13.7. The summed E-state index contributed by atoms with van der Waals surface area (Å²) in [5.41, 5.74) is 0.697. The summed E-state index contributed by atoms with van der Waals surface area (Å²) in [6.07, 6.45) is -0.0112. The lowest BCUT2D eigenvalue weighted by atomic mass is 9.76. The molecule has 96 valence electrons. The highest BCUT2D eigenvalue weighted by molar-refractivity contribution is 6.59. The first-order valence-corrected chi connectivity index (χ1v) is 5.35. The smallest absolute Gasteiger partial charge is 0.480 e. The van der Waals surface area contributed by atoms with Crippen molar-refractivity contribution in [3.05, 3.63) is 29.8 Å². The molecule has 1 unspecified atom stereocenters. The first-order chi connectivity index (χ1) is 8.41. The van der Waals surface area contributed by atoms with Crippen molar-refractivity contribution in [2.45, 2.75) is 19.4 Å². The fraction of sp³-hybridized carbons (Fsp3) is 0.273. The Morgan fingerprint density at radius 1 is 1.33 bits per heavy atom. The van der Waals surface area contributed by atoms with E-state index in [1.54, 1.807) is 18.2 Å². The average Bonchev–Trinajstić information content (AvgIpc) is 2.27. The van der Waals surface area contributed by atoms with Gasteiger partial charge in [-0.15, -0.1) is 0 Å². The van der Waals surface area contributed by atoms with E-state index in [1.807, 2.05) is 0 Å². The minimum Gasteiger partial charge on any atom is -0.480 e. The number of rotatable bonds is 5. The Morgan fingerprint density at radius 2 is 1.94 bits per heavy atom. The van der Waals surface area contributed by atoms with Crippen LogP contribution in [0, 0.1) is 0 Å². The van der Waals surface area contributed by atoms with E-state index in [4.69, 9.17) is 15.2 Å². The Balaban J connectivity index is 2.93. The molecule has 0 bridgehead atoms. The van der Waals surface area contributed by atoms with E-state index < -0.39 is 25.0 Å². The van der Waals surface area contributed by atoms with Gasteiger partial charge in [-0.25, -0.2) is 4.79 Å². The first-order valence-electron chi connectivity index (χ1n) is 5.35. The summed E-state index contributed by atoms with van der Waals surface area (Å²) >= 11 is 0. The fourth-order valence-electron chi connectivity index (χ4n) is 1.64. The van der Waals surface area contributed by atoms with Crippen LogP contribution in [0.25, 0.3) is 0 Å². The lowest BCUT2D eigenvalue weighted by Crippen LogP contribution is -2.43. The summed E-state index contributed by atoms with van der Waals surface area (Å²) < 4.78 is 0. The molecule has 0 aliphatic heterocycles. The van der Waals surface area contributed by atoms with Crippen LogP contribution < -0.4 is 10.8 Å². The summed E-state index contributed by atoms with van der Waals surface area (Å²) in [7, 11) is -1.67. The second-order valence-electron chi connectivity index (χ2n) is 3.87. The van der Waals surface area contributed by atoms with Crippen molar-refractivity contribution in [2.75, 3.05) is 0 Å². The molecule has 0 heterocycles. The summed E-state index contributed by atoms with van der Waals surface area (Å²) in [4.78, 5) is 21.9. The molecule has 0 spiro atoms. The number of benzene rings is 1. The summed E-state index contributed by atoms with van der Waals surface area (Å²) in [6, 6.07) is 5.27. The number of carbonyl (C=O) groups excluding carboxylic acids is 1. The molecule has 0 fully saturated rings. The Morgan fingerprint density at radius 3 is 2.44 bits per heavy atom. The quantitative estimate of drug-likeness (QED) is 0.476. The minimum absolute atomic E-state index is 0.0112. The molecule has 18 heavy (non-hydrogen) atoms. The molecule has 7 heteroatoms. The summed E-state index contributed by atoms with van der Waals surface area (Å²) in [6.45, 7) is 1.22. The number of nitrogens with one attached hydrogen (secondary N) is 1. The largest absolute Gasteiger partial charge is 0.488 e. The van der Waals surface area contributed by atoms with Crippen molar-refractivity contribution in [1.82, 2.24) is 5.32 Å². The molecular weight excluding hydrogens is 237 g/mol. The van der Waals surface area contributed by atoms with Gasteiger partial charge in [-0.1, -0.05) is 24.3 Å². The second kappa shape index (κ2) is 6.18. The Kier molecular flexibility index (Phi) is 4.88. The minimum atomic E-state index is -1.67. The molecule has 4 N–H and O–H groups in total. The first kappa shape index (κ1) is 14.2. The van der Waals surface area contributed by atoms with Crippen LogP contribution in [0.1, 0.15) is 12.5 Å². The molecule has 0 aromatic heterocycles. The topological polar surface area (TPSA) is 107 Å². The summed E-state index contributed by atoms with van der Waals surface area (Å²) in [5, 5.41) is 29.6. The van der Waals surface area contributed by atoms with Gasteiger partial charge in [-0.3, -0.25) is 4.79 Å². The van der Waals surface area contributed by atoms with Gasteiger partial charge in [0, 0.05) is 13.3 Å². The van der Waals surface area contributed by atoms with E-state index in [9.17, 15) is 9.59 Å². The van der Waals surface area contributed by atoms with Crippen molar-refractivity contribution >= 4 is 24.5 Å². The molecule has 0 saturated heterocycles. The number of amides is 1. The molecule has 0 aliphatic rings. The molecular formula is C11H14BNO5. The van der Waals surface area contributed by atoms with E-state index in [-0.39, 0.29) is 11.9 Å². The van der Waals surface area contributed by atoms with E-state index in [0.717, 1.165) is 0 Å². The van der Waals surface area contributed by atoms with Crippen molar-refractivity contribution in [3.8, 4) is 0 Å². The van der Waals surface area contributed by atoms with E-state index in [0.29, 0.717) is 5.56 Å². The normalized spacial score (nSPS) is 11.7. The zero-order valence-electron chi connectivity index (χ0n) is 9.83. The van der Waals surface area contributed by atoms with E-state index >= 15 is 0 Å². The maximum absolute atomic E-state index is 11.0. The molecule has 1 atom stereocenters. The molecule has 6 nitrogen and oxygen atoms in total. The number of aliphatic carboxylic acids is 1. The van der Waals surface area contributed by atoms with Crippen molar-refractivity contribution in [2.24, 2.45) is 0 Å². The summed E-state index contributed by atoms with van der Waals surface area (Å²) in [5.74, 6) is -1.63. The lowest BCUT2D eigenvalue weighted by Gasteiger charge is -2.15. The van der Waals surface area contributed by atoms with Crippen LogP contribution >= 0.6 is 0 Å². The highest BCUT2D eigenvalue weighted by atomic mass is 16.4. The van der Waals surface area contributed by atoms with Gasteiger partial charge in [0.25, 0.3) is 0 Å². The fourth-order valence-corrected chi connectivity index (χ4v) is 1.64. The third-order valence-electron chi connectivity index (χ3n) is 2.43. The monoisotopic (exact) mass is 251 g/mol. The van der Waals surface area contributed by atoms with Gasteiger partial charge in [0.05, 0.1) is 0 Å². The molecule has 0 aliphatic carbocycles. The third kappa shape index (κ3) is 3.87. The Bertz CT molecular complexity index is 449. The van der Waals surface area contributed by atoms with Crippen LogP contribution in [-0.2, 0) is 16.0 Å². The van der Waals surface area contributed by atoms with Gasteiger partial charge in [-0.05, 0) is 11.0 Å². The Labute approximate surface area is 104 Å². The van der Waals surface area contributed by atoms with Gasteiger partial charge in [0.1, 0.15) is 6.04 Å². The molecule has 1 amide bonds. The predicted octanol–water partition coefficient (Wildman–Crippen LogP) is -1.50. The van der Waals surface area contributed by atoms with Crippen LogP contribution in [-0.4, -0.2) is 40.2 Å². The molecule has 0 saturated carbocycles. The van der Waals surface area contributed by atoms with Gasteiger partial charge < -0.3 is 20.5 Å². The molecule has 1 rings (SSSR count). The number of hydrogen-bond acceptors (Lipinski definition) is 4. The number of carbonyl (C=O) groups is 2. The van der Waals surface area contributed by atoms with Crippen LogP contribution in [0.4, 0.5) is 0 Å².